The summed E-state index contributed by atoms with van der Waals surface area (Å²) in [5.41, 5.74) is 1.72. The average Bonchev–Trinajstić information content (AvgIpc) is 2.42. The van der Waals surface area contributed by atoms with Gasteiger partial charge in [0.15, 0.2) is 0 Å². The second-order valence-corrected chi connectivity index (χ2v) is 4.70. The number of hydrogen-bond donors (Lipinski definition) is 2. The second-order valence-electron chi connectivity index (χ2n) is 3.91. The van der Waals surface area contributed by atoms with Gasteiger partial charge in [-0.15, -0.1) is 0 Å². The van der Waals surface area contributed by atoms with Crippen LogP contribution in [0, 0.1) is 0 Å². The van der Waals surface area contributed by atoms with E-state index in [1.165, 1.54) is 0 Å². The normalized spacial score (nSPS) is 10.3. The Morgan fingerprint density at radius 2 is 1.79 bits per heavy atom. The van der Waals surface area contributed by atoms with E-state index >= 15 is 0 Å². The molecule has 0 radical (unpaired) electrons. The molecule has 1 amide bonds. The van der Waals surface area contributed by atoms with Crippen LogP contribution in [-0.4, -0.2) is 11.0 Å². The quantitative estimate of drug-likeness (QED) is 0.906. The van der Waals surface area contributed by atoms with Crippen LogP contribution in [0.2, 0.25) is 10.0 Å². The van der Waals surface area contributed by atoms with Crippen molar-refractivity contribution < 1.29 is 9.90 Å². The molecule has 0 spiro atoms. The number of benzene rings is 2. The molecule has 0 atom stereocenters. The first kappa shape index (κ1) is 13.9. The molecule has 0 heterocycles. The highest BCUT2D eigenvalue weighted by Gasteiger charge is 2.12. The summed E-state index contributed by atoms with van der Waals surface area (Å²) >= 11 is 11.8. The number of carbonyl (C=O) groups excluding carboxylic acids is 1. The lowest BCUT2D eigenvalue weighted by atomic mass is 10.2. The molecule has 0 bridgehead atoms. The van der Waals surface area contributed by atoms with Crippen LogP contribution in [0.15, 0.2) is 42.5 Å². The summed E-state index contributed by atoms with van der Waals surface area (Å²) in [7, 11) is 0. The molecule has 0 saturated carbocycles. The second kappa shape index (κ2) is 6.06. The lowest BCUT2D eigenvalue weighted by Crippen LogP contribution is -2.12. The molecule has 5 heteroatoms. The van der Waals surface area contributed by atoms with E-state index in [-0.39, 0.29) is 17.5 Å². The lowest BCUT2D eigenvalue weighted by molar-refractivity contribution is 0.102. The fourth-order valence-electron chi connectivity index (χ4n) is 1.57. The van der Waals surface area contributed by atoms with Crippen molar-refractivity contribution in [1.29, 1.82) is 0 Å². The van der Waals surface area contributed by atoms with E-state index in [9.17, 15) is 4.79 Å². The Kier molecular flexibility index (Phi) is 4.43. The first-order valence-corrected chi connectivity index (χ1v) is 6.32. The average molecular weight is 296 g/mol. The summed E-state index contributed by atoms with van der Waals surface area (Å²) < 4.78 is 0. The summed E-state index contributed by atoms with van der Waals surface area (Å²) in [6.07, 6.45) is 0. The van der Waals surface area contributed by atoms with Crippen molar-refractivity contribution in [2.24, 2.45) is 0 Å². The van der Waals surface area contributed by atoms with E-state index in [0.717, 1.165) is 5.56 Å². The zero-order valence-corrected chi connectivity index (χ0v) is 11.4. The van der Waals surface area contributed by atoms with Gasteiger partial charge in [0.25, 0.3) is 5.91 Å². The molecule has 0 saturated heterocycles. The Bertz CT molecular complexity index is 597. The Hall–Kier alpha value is -1.55. The maximum Gasteiger partial charge on any atom is 0.257 e. The fraction of sp³-hybridized carbons (Fsp3) is 0.0714. The largest absolute Gasteiger partial charge is 0.392 e. The summed E-state index contributed by atoms with van der Waals surface area (Å²) in [6.45, 7) is -0.0334. The zero-order valence-electron chi connectivity index (χ0n) is 9.86. The highest BCUT2D eigenvalue weighted by molar-refractivity contribution is 6.44. The molecular formula is C14H11Cl2NO2. The van der Waals surface area contributed by atoms with Crippen LogP contribution < -0.4 is 5.32 Å². The van der Waals surface area contributed by atoms with Crippen molar-refractivity contribution in [3.05, 3.63) is 63.6 Å². The van der Waals surface area contributed by atoms with E-state index in [4.69, 9.17) is 28.3 Å². The molecule has 2 aromatic carbocycles. The van der Waals surface area contributed by atoms with Crippen molar-refractivity contribution in [2.75, 3.05) is 5.32 Å². The molecule has 0 aromatic heterocycles. The third-order valence-corrected chi connectivity index (χ3v) is 3.41. The van der Waals surface area contributed by atoms with Gasteiger partial charge in [-0.25, -0.2) is 0 Å². The molecule has 0 aliphatic rings. The number of aliphatic hydroxyl groups is 1. The predicted octanol–water partition coefficient (Wildman–Crippen LogP) is 3.74. The standard InChI is InChI=1S/C14H11Cl2NO2/c15-12-3-1-2-11(13(12)16)14(19)17-10-6-4-9(8-18)5-7-10/h1-7,18H,8H2,(H,17,19). The van der Waals surface area contributed by atoms with Gasteiger partial charge in [0.1, 0.15) is 0 Å². The minimum atomic E-state index is -0.329. The highest BCUT2D eigenvalue weighted by atomic mass is 35.5. The topological polar surface area (TPSA) is 49.3 Å². The molecule has 2 rings (SSSR count). The Balaban J connectivity index is 2.18. The molecule has 19 heavy (non-hydrogen) atoms. The molecule has 2 N–H and O–H groups in total. The lowest BCUT2D eigenvalue weighted by Gasteiger charge is -2.08. The van der Waals surface area contributed by atoms with Crippen molar-refractivity contribution in [1.82, 2.24) is 0 Å². The first-order valence-electron chi connectivity index (χ1n) is 5.57. The van der Waals surface area contributed by atoms with Gasteiger partial charge >= 0.3 is 0 Å². The van der Waals surface area contributed by atoms with Crippen LogP contribution in [0.1, 0.15) is 15.9 Å². The summed E-state index contributed by atoms with van der Waals surface area (Å²) in [5.74, 6) is -0.329. The molecule has 2 aromatic rings. The Labute approximate surface area is 120 Å². The van der Waals surface area contributed by atoms with Crippen molar-refractivity contribution in [2.45, 2.75) is 6.61 Å². The van der Waals surface area contributed by atoms with Crippen LogP contribution in [0.25, 0.3) is 0 Å². The number of hydrogen-bond acceptors (Lipinski definition) is 2. The van der Waals surface area contributed by atoms with E-state index in [2.05, 4.69) is 5.32 Å². The van der Waals surface area contributed by atoms with E-state index in [1.807, 2.05) is 0 Å². The molecule has 3 nitrogen and oxygen atoms in total. The number of rotatable bonds is 3. The van der Waals surface area contributed by atoms with Gasteiger partial charge < -0.3 is 10.4 Å². The smallest absolute Gasteiger partial charge is 0.257 e. The number of aliphatic hydroxyl groups excluding tert-OH is 1. The number of amides is 1. The van der Waals surface area contributed by atoms with E-state index < -0.39 is 0 Å². The Morgan fingerprint density at radius 1 is 1.11 bits per heavy atom. The minimum Gasteiger partial charge on any atom is -0.392 e. The van der Waals surface area contributed by atoms with Gasteiger partial charge in [0.05, 0.1) is 22.2 Å². The number of nitrogens with one attached hydrogen (secondary N) is 1. The van der Waals surface area contributed by atoms with E-state index in [0.29, 0.717) is 16.3 Å². The molecule has 0 unspecified atom stereocenters. The predicted molar refractivity (Wildman–Crippen MR) is 76.8 cm³/mol. The van der Waals surface area contributed by atoms with Gasteiger partial charge in [-0.1, -0.05) is 41.4 Å². The Morgan fingerprint density at radius 3 is 2.42 bits per heavy atom. The van der Waals surface area contributed by atoms with Crippen LogP contribution in [0.3, 0.4) is 0 Å². The van der Waals surface area contributed by atoms with Crippen molar-refractivity contribution in [3.8, 4) is 0 Å². The number of halogens is 2. The van der Waals surface area contributed by atoms with Gasteiger partial charge in [0.2, 0.25) is 0 Å². The fourth-order valence-corrected chi connectivity index (χ4v) is 1.96. The third kappa shape index (κ3) is 3.26. The maximum atomic E-state index is 12.0. The van der Waals surface area contributed by atoms with Crippen molar-refractivity contribution >= 4 is 34.8 Å². The first-order chi connectivity index (χ1) is 9.11. The molecule has 0 aliphatic carbocycles. The van der Waals surface area contributed by atoms with Gasteiger partial charge in [0, 0.05) is 5.69 Å². The van der Waals surface area contributed by atoms with E-state index in [1.54, 1.807) is 42.5 Å². The van der Waals surface area contributed by atoms with Gasteiger partial charge in [-0.2, -0.15) is 0 Å². The van der Waals surface area contributed by atoms with Crippen molar-refractivity contribution in [3.63, 3.8) is 0 Å². The van der Waals surface area contributed by atoms with Crippen LogP contribution in [-0.2, 0) is 6.61 Å². The number of anilines is 1. The van der Waals surface area contributed by atoms with Gasteiger partial charge in [-0.05, 0) is 29.8 Å². The summed E-state index contributed by atoms with van der Waals surface area (Å²) in [4.78, 5) is 12.0. The number of carbonyl (C=O) groups is 1. The third-order valence-electron chi connectivity index (χ3n) is 2.59. The van der Waals surface area contributed by atoms with Crippen LogP contribution in [0.4, 0.5) is 5.69 Å². The zero-order chi connectivity index (χ0) is 13.8. The summed E-state index contributed by atoms with van der Waals surface area (Å²) in [6, 6.07) is 11.8. The highest BCUT2D eigenvalue weighted by Crippen LogP contribution is 2.26. The monoisotopic (exact) mass is 295 g/mol. The molecule has 0 aliphatic heterocycles. The summed E-state index contributed by atoms with van der Waals surface area (Å²) in [5, 5.41) is 12.2. The molecule has 0 fully saturated rings. The molecular weight excluding hydrogens is 285 g/mol. The SMILES string of the molecule is O=C(Nc1ccc(CO)cc1)c1cccc(Cl)c1Cl. The van der Waals surface area contributed by atoms with Crippen LogP contribution >= 0.6 is 23.2 Å². The maximum absolute atomic E-state index is 12.0. The minimum absolute atomic E-state index is 0.0334. The van der Waals surface area contributed by atoms with Gasteiger partial charge in [-0.3, -0.25) is 4.79 Å². The molecule has 98 valence electrons. The van der Waals surface area contributed by atoms with Crippen LogP contribution in [0.5, 0.6) is 0 Å².